The Morgan fingerprint density at radius 2 is 1.87 bits per heavy atom. The van der Waals surface area contributed by atoms with Crippen molar-refractivity contribution in [2.45, 2.75) is 26.8 Å². The van der Waals surface area contributed by atoms with Crippen molar-refractivity contribution < 1.29 is 4.74 Å². The van der Waals surface area contributed by atoms with Gasteiger partial charge < -0.3 is 14.6 Å². The Labute approximate surface area is 182 Å². The zero-order valence-electron chi connectivity index (χ0n) is 18.1. The molecule has 2 aromatic heterocycles. The van der Waals surface area contributed by atoms with Crippen LogP contribution in [0, 0.1) is 6.92 Å². The van der Waals surface area contributed by atoms with Crippen molar-refractivity contribution in [1.29, 1.82) is 0 Å². The van der Waals surface area contributed by atoms with E-state index in [1.165, 1.54) is 0 Å². The van der Waals surface area contributed by atoms with Gasteiger partial charge in [0.2, 0.25) is 5.95 Å². The third-order valence-corrected chi connectivity index (χ3v) is 5.84. The van der Waals surface area contributed by atoms with Gasteiger partial charge in [0.1, 0.15) is 11.6 Å². The highest BCUT2D eigenvalue weighted by molar-refractivity contribution is 5.83. The summed E-state index contributed by atoms with van der Waals surface area (Å²) in [6.07, 6.45) is 1.07. The molecule has 7 heteroatoms. The van der Waals surface area contributed by atoms with Gasteiger partial charge in [0, 0.05) is 31.6 Å². The highest BCUT2D eigenvalue weighted by Gasteiger charge is 2.19. The van der Waals surface area contributed by atoms with E-state index in [-0.39, 0.29) is 0 Å². The molecule has 0 spiro atoms. The van der Waals surface area contributed by atoms with Crippen molar-refractivity contribution in [2.75, 3.05) is 37.7 Å². The van der Waals surface area contributed by atoms with Gasteiger partial charge in [-0.05, 0) is 50.6 Å². The Morgan fingerprint density at radius 3 is 2.74 bits per heavy atom. The summed E-state index contributed by atoms with van der Waals surface area (Å²) in [4.78, 5) is 22.6. The second kappa shape index (κ2) is 8.51. The van der Waals surface area contributed by atoms with E-state index in [0.29, 0.717) is 6.61 Å². The van der Waals surface area contributed by atoms with Gasteiger partial charge in [-0.25, -0.2) is 15.0 Å². The van der Waals surface area contributed by atoms with Crippen molar-refractivity contribution in [3.05, 3.63) is 54.0 Å². The number of aromatic amines is 1. The lowest BCUT2D eigenvalue weighted by Gasteiger charge is -2.22. The fourth-order valence-corrected chi connectivity index (χ4v) is 4.26. The first-order valence-corrected chi connectivity index (χ1v) is 11.0. The van der Waals surface area contributed by atoms with Crippen molar-refractivity contribution in [3.8, 4) is 5.75 Å². The fraction of sp³-hybridized carbons (Fsp3) is 0.375. The van der Waals surface area contributed by atoms with Crippen LogP contribution in [0.3, 0.4) is 0 Å². The predicted molar refractivity (Wildman–Crippen MR) is 124 cm³/mol. The minimum absolute atomic E-state index is 0.655. The van der Waals surface area contributed by atoms with Crippen LogP contribution in [0.4, 0.5) is 5.95 Å². The molecule has 7 nitrogen and oxygen atoms in total. The van der Waals surface area contributed by atoms with Crippen LogP contribution >= 0.6 is 0 Å². The molecule has 0 bridgehead atoms. The van der Waals surface area contributed by atoms with Gasteiger partial charge in [0.25, 0.3) is 0 Å². The maximum Gasteiger partial charge on any atom is 0.226 e. The van der Waals surface area contributed by atoms with E-state index in [4.69, 9.17) is 19.7 Å². The molecule has 0 amide bonds. The number of benzene rings is 2. The van der Waals surface area contributed by atoms with Crippen molar-refractivity contribution >= 4 is 27.9 Å². The number of hydrogen-bond acceptors (Lipinski definition) is 6. The topological polar surface area (TPSA) is 70.2 Å². The second-order valence-corrected chi connectivity index (χ2v) is 8.04. The van der Waals surface area contributed by atoms with E-state index in [1.54, 1.807) is 0 Å². The Morgan fingerprint density at radius 1 is 0.968 bits per heavy atom. The van der Waals surface area contributed by atoms with Crippen LogP contribution in [0.1, 0.15) is 24.9 Å². The number of aryl methyl sites for hydroxylation is 1. The average molecular weight is 417 g/mol. The maximum absolute atomic E-state index is 5.63. The standard InChI is InChI=1S/C24H28N6O/c1-3-31-18-9-10-20-19(15-18)17(2)25-24(28-20)30-12-6-11-29(13-14-30)16-23-26-21-7-4-5-8-22(21)27-23/h4-5,7-10,15H,3,6,11-14,16H2,1-2H3,(H,26,27). The second-order valence-electron chi connectivity index (χ2n) is 8.04. The Balaban J connectivity index is 1.30. The summed E-state index contributed by atoms with van der Waals surface area (Å²) < 4.78 is 5.63. The molecule has 0 atom stereocenters. The van der Waals surface area contributed by atoms with Crippen LogP contribution in [0.15, 0.2) is 42.5 Å². The van der Waals surface area contributed by atoms with Gasteiger partial charge in [0.05, 0.1) is 35.4 Å². The first-order valence-electron chi connectivity index (χ1n) is 11.0. The van der Waals surface area contributed by atoms with E-state index in [0.717, 1.165) is 84.3 Å². The fourth-order valence-electron chi connectivity index (χ4n) is 4.26. The molecule has 31 heavy (non-hydrogen) atoms. The van der Waals surface area contributed by atoms with Crippen LogP contribution in [0.5, 0.6) is 5.75 Å². The van der Waals surface area contributed by atoms with Gasteiger partial charge in [-0.15, -0.1) is 0 Å². The lowest BCUT2D eigenvalue weighted by molar-refractivity contribution is 0.279. The Hall–Kier alpha value is -3.19. The lowest BCUT2D eigenvalue weighted by atomic mass is 10.2. The van der Waals surface area contributed by atoms with Gasteiger partial charge >= 0.3 is 0 Å². The monoisotopic (exact) mass is 416 g/mol. The molecule has 0 radical (unpaired) electrons. The van der Waals surface area contributed by atoms with Crippen molar-refractivity contribution in [1.82, 2.24) is 24.8 Å². The number of rotatable bonds is 5. The summed E-state index contributed by atoms with van der Waals surface area (Å²) >= 11 is 0. The number of anilines is 1. The number of hydrogen-bond donors (Lipinski definition) is 1. The first-order chi connectivity index (χ1) is 15.2. The third kappa shape index (κ3) is 4.18. The molecule has 160 valence electrons. The average Bonchev–Trinajstić information content (AvgIpc) is 3.04. The van der Waals surface area contributed by atoms with Crippen LogP contribution in [0.2, 0.25) is 0 Å². The van der Waals surface area contributed by atoms with Gasteiger partial charge in [-0.1, -0.05) is 12.1 Å². The van der Waals surface area contributed by atoms with Gasteiger partial charge in [0.15, 0.2) is 0 Å². The number of fused-ring (bicyclic) bond motifs is 2. The van der Waals surface area contributed by atoms with Gasteiger partial charge in [-0.2, -0.15) is 0 Å². The van der Waals surface area contributed by atoms with Crippen LogP contribution < -0.4 is 9.64 Å². The molecule has 5 rings (SSSR count). The third-order valence-electron chi connectivity index (χ3n) is 5.84. The first kappa shape index (κ1) is 19.8. The Kier molecular flexibility index (Phi) is 5.42. The zero-order chi connectivity index (χ0) is 21.2. The molecule has 1 N–H and O–H groups in total. The zero-order valence-corrected chi connectivity index (χ0v) is 18.1. The molecule has 1 fully saturated rings. The predicted octanol–water partition coefficient (Wildman–Crippen LogP) is 3.93. The minimum atomic E-state index is 0.655. The van der Waals surface area contributed by atoms with E-state index < -0.39 is 0 Å². The van der Waals surface area contributed by atoms with E-state index >= 15 is 0 Å². The summed E-state index contributed by atoms with van der Waals surface area (Å²) in [5.74, 6) is 2.71. The maximum atomic E-state index is 5.63. The molecule has 3 heterocycles. The minimum Gasteiger partial charge on any atom is -0.494 e. The van der Waals surface area contributed by atoms with Crippen molar-refractivity contribution in [3.63, 3.8) is 0 Å². The quantitative estimate of drug-likeness (QED) is 0.532. The summed E-state index contributed by atoms with van der Waals surface area (Å²) in [6.45, 7) is 9.39. The summed E-state index contributed by atoms with van der Waals surface area (Å²) in [5.41, 5.74) is 4.09. The number of para-hydroxylation sites is 2. The molecule has 4 aromatic rings. The molecular formula is C24H28N6O. The largest absolute Gasteiger partial charge is 0.494 e. The molecule has 1 aliphatic heterocycles. The number of ether oxygens (including phenoxy) is 1. The molecule has 0 unspecified atom stereocenters. The van der Waals surface area contributed by atoms with Crippen molar-refractivity contribution in [2.24, 2.45) is 0 Å². The number of H-pyrrole nitrogens is 1. The smallest absolute Gasteiger partial charge is 0.226 e. The van der Waals surface area contributed by atoms with E-state index in [2.05, 4.69) is 33.8 Å². The lowest BCUT2D eigenvalue weighted by Crippen LogP contribution is -2.31. The molecule has 1 saturated heterocycles. The number of imidazole rings is 1. The van der Waals surface area contributed by atoms with Crippen LogP contribution in [-0.2, 0) is 6.54 Å². The molecule has 1 aliphatic rings. The van der Waals surface area contributed by atoms with Crippen LogP contribution in [0.25, 0.3) is 21.9 Å². The normalized spacial score (nSPS) is 15.5. The molecular weight excluding hydrogens is 388 g/mol. The summed E-state index contributed by atoms with van der Waals surface area (Å²) in [5, 5.41) is 1.05. The van der Waals surface area contributed by atoms with E-state index in [1.807, 2.05) is 37.3 Å². The van der Waals surface area contributed by atoms with Crippen LogP contribution in [-0.4, -0.2) is 57.6 Å². The number of aromatic nitrogens is 4. The summed E-state index contributed by atoms with van der Waals surface area (Å²) in [7, 11) is 0. The van der Waals surface area contributed by atoms with E-state index in [9.17, 15) is 0 Å². The summed E-state index contributed by atoms with van der Waals surface area (Å²) in [6, 6.07) is 14.2. The number of nitrogens with zero attached hydrogens (tertiary/aromatic N) is 5. The van der Waals surface area contributed by atoms with Gasteiger partial charge in [-0.3, -0.25) is 4.90 Å². The Bertz CT molecular complexity index is 1170. The highest BCUT2D eigenvalue weighted by Crippen LogP contribution is 2.24. The molecule has 0 saturated carbocycles. The highest BCUT2D eigenvalue weighted by atomic mass is 16.5. The number of nitrogens with one attached hydrogen (secondary N) is 1. The molecule has 2 aromatic carbocycles. The molecule has 0 aliphatic carbocycles. The SMILES string of the molecule is CCOc1ccc2nc(N3CCCN(Cc4nc5ccccc5[nH]4)CC3)nc(C)c2c1.